The molecule has 3 amide bonds. The second kappa shape index (κ2) is 7.71. The normalized spacial score (nSPS) is 12.5. The van der Waals surface area contributed by atoms with E-state index < -0.39 is 5.91 Å². The van der Waals surface area contributed by atoms with Crippen molar-refractivity contribution in [2.45, 2.75) is 6.92 Å². The number of carbonyl (C=O) groups is 3. The van der Waals surface area contributed by atoms with Crippen LogP contribution in [0.15, 0.2) is 66.7 Å². The summed E-state index contributed by atoms with van der Waals surface area (Å²) in [7, 11) is 1.55. The van der Waals surface area contributed by atoms with Gasteiger partial charge in [0.05, 0.1) is 23.9 Å². The molecule has 4 rings (SSSR count). The molecule has 7 heteroatoms. The Hall–Kier alpha value is -4.13. The topological polar surface area (TPSA) is 84.9 Å². The Bertz CT molecular complexity index is 1150. The molecule has 1 aliphatic rings. The fraction of sp³-hybridized carbons (Fsp3) is 0.0870. The van der Waals surface area contributed by atoms with E-state index in [1.807, 2.05) is 0 Å². The zero-order valence-electron chi connectivity index (χ0n) is 16.3. The van der Waals surface area contributed by atoms with Gasteiger partial charge in [-0.25, -0.2) is 4.90 Å². The Morgan fingerprint density at radius 1 is 0.833 bits per heavy atom. The first-order valence-corrected chi connectivity index (χ1v) is 9.18. The van der Waals surface area contributed by atoms with Gasteiger partial charge in [-0.05, 0) is 54.6 Å². The number of nitrogens with zero attached hydrogens (tertiary/aromatic N) is 1. The molecule has 0 atom stereocenters. The van der Waals surface area contributed by atoms with Gasteiger partial charge in [0, 0.05) is 18.7 Å². The largest absolute Gasteiger partial charge is 0.497 e. The molecule has 1 heterocycles. The highest BCUT2D eigenvalue weighted by Crippen LogP contribution is 2.33. The summed E-state index contributed by atoms with van der Waals surface area (Å²) in [5.74, 6) is 0.536. The Kier molecular flexibility index (Phi) is 4.93. The van der Waals surface area contributed by atoms with Crippen LogP contribution in [0.3, 0.4) is 0 Å². The fourth-order valence-electron chi connectivity index (χ4n) is 3.23. The zero-order chi connectivity index (χ0) is 21.3. The molecule has 150 valence electrons. The van der Waals surface area contributed by atoms with E-state index >= 15 is 0 Å². The molecule has 7 nitrogen and oxygen atoms in total. The van der Waals surface area contributed by atoms with Crippen LogP contribution in [0.5, 0.6) is 17.2 Å². The zero-order valence-corrected chi connectivity index (χ0v) is 16.3. The quantitative estimate of drug-likeness (QED) is 0.645. The van der Waals surface area contributed by atoms with Gasteiger partial charge in [-0.1, -0.05) is 6.07 Å². The third-order valence-corrected chi connectivity index (χ3v) is 4.58. The van der Waals surface area contributed by atoms with E-state index in [0.29, 0.717) is 34.2 Å². The van der Waals surface area contributed by atoms with E-state index in [2.05, 4.69) is 5.32 Å². The third kappa shape index (κ3) is 3.60. The average Bonchev–Trinajstić information content (AvgIpc) is 2.98. The van der Waals surface area contributed by atoms with Crippen LogP contribution in [-0.4, -0.2) is 24.8 Å². The smallest absolute Gasteiger partial charge is 0.266 e. The van der Waals surface area contributed by atoms with E-state index in [0.717, 1.165) is 4.90 Å². The van der Waals surface area contributed by atoms with Crippen LogP contribution < -0.4 is 19.7 Å². The number of fused-ring (bicyclic) bond motifs is 1. The van der Waals surface area contributed by atoms with Gasteiger partial charge >= 0.3 is 0 Å². The first-order valence-electron chi connectivity index (χ1n) is 9.18. The van der Waals surface area contributed by atoms with Crippen LogP contribution in [0.4, 0.5) is 11.4 Å². The second-order valence-electron chi connectivity index (χ2n) is 6.66. The molecule has 1 N–H and O–H groups in total. The molecule has 0 aromatic heterocycles. The van der Waals surface area contributed by atoms with Crippen molar-refractivity contribution < 1.29 is 23.9 Å². The van der Waals surface area contributed by atoms with Crippen molar-refractivity contribution in [3.8, 4) is 17.2 Å². The molecule has 0 saturated heterocycles. The number of methoxy groups -OCH3 is 1. The van der Waals surface area contributed by atoms with Crippen molar-refractivity contribution in [2.24, 2.45) is 0 Å². The van der Waals surface area contributed by atoms with Crippen LogP contribution in [0.1, 0.15) is 27.6 Å². The Morgan fingerprint density at radius 3 is 2.20 bits per heavy atom. The summed E-state index contributed by atoms with van der Waals surface area (Å²) in [6, 6.07) is 18.3. The second-order valence-corrected chi connectivity index (χ2v) is 6.66. The van der Waals surface area contributed by atoms with Gasteiger partial charge in [-0.2, -0.15) is 0 Å². The number of ether oxygens (including phenoxy) is 2. The van der Waals surface area contributed by atoms with Gasteiger partial charge in [0.1, 0.15) is 17.2 Å². The summed E-state index contributed by atoms with van der Waals surface area (Å²) < 4.78 is 11.0. The summed E-state index contributed by atoms with van der Waals surface area (Å²) in [4.78, 5) is 38.0. The molecule has 1 aliphatic heterocycles. The maximum Gasteiger partial charge on any atom is 0.266 e. The first kappa shape index (κ1) is 19.2. The average molecular weight is 402 g/mol. The minimum absolute atomic E-state index is 0.188. The summed E-state index contributed by atoms with van der Waals surface area (Å²) in [5.41, 5.74) is 1.65. The lowest BCUT2D eigenvalue weighted by Crippen LogP contribution is -2.29. The maximum atomic E-state index is 12.9. The SMILES string of the molecule is COc1ccc(N2C(=O)c3ccc(Oc4cccc(NC(C)=O)c4)cc3C2=O)cc1. The van der Waals surface area contributed by atoms with Gasteiger partial charge in [-0.3, -0.25) is 14.4 Å². The highest BCUT2D eigenvalue weighted by molar-refractivity contribution is 6.34. The molecule has 0 fully saturated rings. The van der Waals surface area contributed by atoms with Gasteiger partial charge in [-0.15, -0.1) is 0 Å². The van der Waals surface area contributed by atoms with Crippen LogP contribution in [0.25, 0.3) is 0 Å². The number of anilines is 2. The number of amides is 3. The standard InChI is InChI=1S/C23H18N2O5/c1-14(26)24-15-4-3-5-18(12-15)30-19-10-11-20-21(13-19)23(28)25(22(20)27)16-6-8-17(29-2)9-7-16/h3-13H,1-2H3,(H,24,26). The Morgan fingerprint density at radius 2 is 1.50 bits per heavy atom. The molecule has 3 aromatic rings. The van der Waals surface area contributed by atoms with Crippen molar-refractivity contribution in [3.63, 3.8) is 0 Å². The van der Waals surface area contributed by atoms with Crippen molar-refractivity contribution >= 4 is 29.1 Å². The lowest BCUT2D eigenvalue weighted by molar-refractivity contribution is -0.114. The van der Waals surface area contributed by atoms with Gasteiger partial charge in [0.15, 0.2) is 0 Å². The van der Waals surface area contributed by atoms with Gasteiger partial charge in [0.25, 0.3) is 11.8 Å². The lowest BCUT2D eigenvalue weighted by atomic mass is 10.1. The first-order chi connectivity index (χ1) is 14.5. The molecular formula is C23H18N2O5. The lowest BCUT2D eigenvalue weighted by Gasteiger charge is -2.14. The predicted molar refractivity (Wildman–Crippen MR) is 111 cm³/mol. The van der Waals surface area contributed by atoms with Crippen LogP contribution in [0.2, 0.25) is 0 Å². The summed E-state index contributed by atoms with van der Waals surface area (Å²) >= 11 is 0. The number of nitrogens with one attached hydrogen (secondary N) is 1. The molecule has 30 heavy (non-hydrogen) atoms. The molecule has 0 spiro atoms. The maximum absolute atomic E-state index is 12.9. The number of imide groups is 1. The number of rotatable bonds is 5. The molecular weight excluding hydrogens is 384 g/mol. The van der Waals surface area contributed by atoms with Gasteiger partial charge in [0.2, 0.25) is 5.91 Å². The predicted octanol–water partition coefficient (Wildman–Crippen LogP) is 4.25. The van der Waals surface area contributed by atoms with Crippen molar-refractivity contribution in [3.05, 3.63) is 77.9 Å². The fourth-order valence-corrected chi connectivity index (χ4v) is 3.23. The molecule has 0 saturated carbocycles. The van der Waals surface area contributed by atoms with Crippen LogP contribution in [0, 0.1) is 0 Å². The third-order valence-electron chi connectivity index (χ3n) is 4.58. The Labute approximate surface area is 172 Å². The van der Waals surface area contributed by atoms with E-state index in [4.69, 9.17) is 9.47 Å². The summed E-state index contributed by atoms with van der Waals surface area (Å²) in [6.45, 7) is 1.42. The minimum Gasteiger partial charge on any atom is -0.497 e. The van der Waals surface area contributed by atoms with E-state index in [1.54, 1.807) is 73.8 Å². The summed E-state index contributed by atoms with van der Waals surface area (Å²) in [6.07, 6.45) is 0. The van der Waals surface area contributed by atoms with Crippen LogP contribution >= 0.6 is 0 Å². The highest BCUT2D eigenvalue weighted by atomic mass is 16.5. The van der Waals surface area contributed by atoms with Crippen molar-refractivity contribution in [2.75, 3.05) is 17.3 Å². The summed E-state index contributed by atoms with van der Waals surface area (Å²) in [5, 5.41) is 2.68. The highest BCUT2D eigenvalue weighted by Gasteiger charge is 2.37. The molecule has 3 aromatic carbocycles. The van der Waals surface area contributed by atoms with Gasteiger partial charge < -0.3 is 14.8 Å². The molecule has 0 bridgehead atoms. The number of hydrogen-bond donors (Lipinski definition) is 1. The van der Waals surface area contributed by atoms with Crippen LogP contribution in [-0.2, 0) is 4.79 Å². The molecule has 0 radical (unpaired) electrons. The monoisotopic (exact) mass is 402 g/mol. The molecule has 0 aliphatic carbocycles. The number of carbonyl (C=O) groups excluding carboxylic acids is 3. The van der Waals surface area contributed by atoms with Crippen molar-refractivity contribution in [1.82, 2.24) is 0 Å². The Balaban J connectivity index is 1.59. The minimum atomic E-state index is -0.419. The number of benzene rings is 3. The number of hydrogen-bond acceptors (Lipinski definition) is 5. The molecule has 0 unspecified atom stereocenters. The van der Waals surface area contributed by atoms with E-state index in [-0.39, 0.29) is 17.4 Å². The van der Waals surface area contributed by atoms with Crippen molar-refractivity contribution in [1.29, 1.82) is 0 Å². The van der Waals surface area contributed by atoms with E-state index in [1.165, 1.54) is 6.92 Å². The van der Waals surface area contributed by atoms with E-state index in [9.17, 15) is 14.4 Å².